The van der Waals surface area contributed by atoms with Crippen LogP contribution < -0.4 is 5.73 Å². The third-order valence-corrected chi connectivity index (χ3v) is 2.43. The van der Waals surface area contributed by atoms with Crippen LogP contribution in [0, 0.1) is 0 Å². The average molecular weight is 253 g/mol. The molecule has 0 atom stereocenters. The number of nitrogens with two attached hydrogens (primary N) is 1. The molecule has 0 unspecified atom stereocenters. The fourth-order valence-corrected chi connectivity index (χ4v) is 1.58. The zero-order valence-corrected chi connectivity index (χ0v) is 9.28. The number of hydrogen-bond acceptors (Lipinski definition) is 3. The number of hydrogen-bond donors (Lipinski definition) is 1. The highest BCUT2D eigenvalue weighted by atomic mass is 19.4. The summed E-state index contributed by atoms with van der Waals surface area (Å²) < 4.78 is 38.5. The first-order valence-electron chi connectivity index (χ1n) is 5.20. The van der Waals surface area contributed by atoms with Crippen LogP contribution in [0.3, 0.4) is 0 Å². The third kappa shape index (κ3) is 2.48. The van der Waals surface area contributed by atoms with E-state index in [1.165, 1.54) is 24.5 Å². The molecule has 2 N–H and O–H groups in total. The number of aromatic nitrogens is 2. The van der Waals surface area contributed by atoms with Crippen molar-refractivity contribution in [3.8, 4) is 11.1 Å². The zero-order chi connectivity index (χ0) is 13.2. The summed E-state index contributed by atoms with van der Waals surface area (Å²) in [6.07, 6.45) is -1.71. The molecule has 0 saturated heterocycles. The number of rotatable bonds is 2. The molecule has 0 aliphatic rings. The minimum atomic E-state index is -4.40. The normalized spacial score (nSPS) is 11.6. The lowest BCUT2D eigenvalue weighted by Gasteiger charge is -2.12. The third-order valence-electron chi connectivity index (χ3n) is 2.43. The average Bonchev–Trinajstić information content (AvgIpc) is 2.38. The van der Waals surface area contributed by atoms with Gasteiger partial charge in [-0.25, -0.2) is 9.97 Å². The Morgan fingerprint density at radius 1 is 1.06 bits per heavy atom. The van der Waals surface area contributed by atoms with Crippen LogP contribution in [0.2, 0.25) is 0 Å². The Balaban J connectivity index is 2.50. The minimum Gasteiger partial charge on any atom is -0.324 e. The van der Waals surface area contributed by atoms with Crippen LogP contribution >= 0.6 is 0 Å². The van der Waals surface area contributed by atoms with Gasteiger partial charge in [0, 0.05) is 18.0 Å². The molecule has 0 bridgehead atoms. The summed E-state index contributed by atoms with van der Waals surface area (Å²) in [6.45, 7) is 0.154. The van der Waals surface area contributed by atoms with Crippen LogP contribution in [-0.4, -0.2) is 9.97 Å². The zero-order valence-electron chi connectivity index (χ0n) is 9.28. The van der Waals surface area contributed by atoms with Crippen molar-refractivity contribution in [3.63, 3.8) is 0 Å². The van der Waals surface area contributed by atoms with E-state index in [2.05, 4.69) is 9.97 Å². The smallest absolute Gasteiger partial charge is 0.324 e. The van der Waals surface area contributed by atoms with Gasteiger partial charge in [-0.15, -0.1) is 0 Å². The van der Waals surface area contributed by atoms with E-state index in [4.69, 9.17) is 5.73 Å². The van der Waals surface area contributed by atoms with E-state index in [1.807, 2.05) is 0 Å². The van der Waals surface area contributed by atoms with Gasteiger partial charge in [0.05, 0.1) is 12.1 Å². The second-order valence-corrected chi connectivity index (χ2v) is 3.64. The van der Waals surface area contributed by atoms with Gasteiger partial charge < -0.3 is 5.73 Å². The summed E-state index contributed by atoms with van der Waals surface area (Å²) in [5.41, 5.74) is 5.02. The summed E-state index contributed by atoms with van der Waals surface area (Å²) in [5, 5.41) is 0. The van der Waals surface area contributed by atoms with E-state index < -0.39 is 11.7 Å². The molecule has 0 radical (unpaired) electrons. The SMILES string of the molecule is NCc1ncc(-c2ccccc2C(F)(F)F)cn1. The van der Waals surface area contributed by atoms with Crippen molar-refractivity contribution in [1.82, 2.24) is 9.97 Å². The minimum absolute atomic E-state index is 0.0635. The Labute approximate surface area is 101 Å². The molecule has 6 heteroatoms. The standard InChI is InChI=1S/C12H10F3N3/c13-12(14,15)10-4-2-1-3-9(10)8-6-17-11(5-16)18-7-8/h1-4,6-7H,5,16H2. The molecule has 0 fully saturated rings. The second kappa shape index (κ2) is 4.73. The molecule has 0 amide bonds. The molecule has 0 spiro atoms. The van der Waals surface area contributed by atoms with Gasteiger partial charge in [0.2, 0.25) is 0 Å². The van der Waals surface area contributed by atoms with E-state index >= 15 is 0 Å². The Kier molecular flexibility index (Phi) is 3.29. The first kappa shape index (κ1) is 12.5. The van der Waals surface area contributed by atoms with E-state index in [0.29, 0.717) is 11.4 Å². The summed E-state index contributed by atoms with van der Waals surface area (Å²) in [5.74, 6) is 0.392. The molecular weight excluding hydrogens is 243 g/mol. The Bertz CT molecular complexity index is 535. The van der Waals surface area contributed by atoms with Gasteiger partial charge >= 0.3 is 6.18 Å². The molecular formula is C12H10F3N3. The lowest BCUT2D eigenvalue weighted by Crippen LogP contribution is -2.07. The molecule has 1 heterocycles. The molecule has 1 aromatic heterocycles. The fraction of sp³-hybridized carbons (Fsp3) is 0.167. The molecule has 1 aromatic carbocycles. The van der Waals surface area contributed by atoms with Crippen molar-refractivity contribution in [2.24, 2.45) is 5.73 Å². The highest BCUT2D eigenvalue weighted by molar-refractivity contribution is 5.66. The van der Waals surface area contributed by atoms with E-state index in [-0.39, 0.29) is 12.1 Å². The molecule has 18 heavy (non-hydrogen) atoms. The monoisotopic (exact) mass is 253 g/mol. The van der Waals surface area contributed by atoms with Crippen LogP contribution in [0.4, 0.5) is 13.2 Å². The number of alkyl halides is 3. The van der Waals surface area contributed by atoms with Crippen molar-refractivity contribution >= 4 is 0 Å². The van der Waals surface area contributed by atoms with Crippen LogP contribution in [0.15, 0.2) is 36.7 Å². The maximum Gasteiger partial charge on any atom is 0.417 e. The van der Waals surface area contributed by atoms with Crippen LogP contribution in [0.5, 0.6) is 0 Å². The summed E-state index contributed by atoms with van der Waals surface area (Å²) in [4.78, 5) is 7.79. The fourth-order valence-electron chi connectivity index (χ4n) is 1.58. The van der Waals surface area contributed by atoms with Crippen LogP contribution in [0.1, 0.15) is 11.4 Å². The molecule has 0 saturated carbocycles. The van der Waals surface area contributed by atoms with E-state index in [9.17, 15) is 13.2 Å². The maximum atomic E-state index is 12.8. The van der Waals surface area contributed by atoms with Crippen molar-refractivity contribution < 1.29 is 13.2 Å². The van der Waals surface area contributed by atoms with Crippen LogP contribution in [-0.2, 0) is 12.7 Å². The predicted molar refractivity (Wildman–Crippen MR) is 60.4 cm³/mol. The molecule has 2 rings (SSSR count). The van der Waals surface area contributed by atoms with Gasteiger partial charge in [-0.1, -0.05) is 18.2 Å². The molecule has 94 valence electrons. The lowest BCUT2D eigenvalue weighted by molar-refractivity contribution is -0.137. The van der Waals surface area contributed by atoms with E-state index in [1.54, 1.807) is 6.07 Å². The predicted octanol–water partition coefficient (Wildman–Crippen LogP) is 2.62. The highest BCUT2D eigenvalue weighted by Crippen LogP contribution is 2.36. The van der Waals surface area contributed by atoms with Gasteiger partial charge in [-0.2, -0.15) is 13.2 Å². The number of benzene rings is 1. The maximum absolute atomic E-state index is 12.8. The van der Waals surface area contributed by atoms with Gasteiger partial charge in [-0.05, 0) is 11.6 Å². The first-order chi connectivity index (χ1) is 8.52. The first-order valence-corrected chi connectivity index (χ1v) is 5.20. The highest BCUT2D eigenvalue weighted by Gasteiger charge is 2.33. The van der Waals surface area contributed by atoms with Crippen molar-refractivity contribution in [1.29, 1.82) is 0 Å². The van der Waals surface area contributed by atoms with E-state index in [0.717, 1.165) is 6.07 Å². The lowest BCUT2D eigenvalue weighted by atomic mass is 10.0. The van der Waals surface area contributed by atoms with Crippen molar-refractivity contribution in [3.05, 3.63) is 48.0 Å². The summed E-state index contributed by atoms with van der Waals surface area (Å²) >= 11 is 0. The quantitative estimate of drug-likeness (QED) is 0.895. The topological polar surface area (TPSA) is 51.8 Å². The second-order valence-electron chi connectivity index (χ2n) is 3.64. The molecule has 0 aliphatic heterocycles. The largest absolute Gasteiger partial charge is 0.417 e. The van der Waals surface area contributed by atoms with Crippen molar-refractivity contribution in [2.45, 2.75) is 12.7 Å². The van der Waals surface area contributed by atoms with Gasteiger partial charge in [0.25, 0.3) is 0 Å². The number of nitrogens with zero attached hydrogens (tertiary/aromatic N) is 2. The summed E-state index contributed by atoms with van der Waals surface area (Å²) in [6, 6.07) is 5.32. The number of halogens is 3. The molecule has 2 aromatic rings. The van der Waals surface area contributed by atoms with Gasteiger partial charge in [0.15, 0.2) is 0 Å². The molecule has 3 nitrogen and oxygen atoms in total. The Morgan fingerprint density at radius 3 is 2.22 bits per heavy atom. The molecule has 0 aliphatic carbocycles. The van der Waals surface area contributed by atoms with Crippen molar-refractivity contribution in [2.75, 3.05) is 0 Å². The summed E-state index contributed by atoms with van der Waals surface area (Å²) in [7, 11) is 0. The Morgan fingerprint density at radius 2 is 1.67 bits per heavy atom. The van der Waals surface area contributed by atoms with Crippen LogP contribution in [0.25, 0.3) is 11.1 Å². The van der Waals surface area contributed by atoms with Gasteiger partial charge in [-0.3, -0.25) is 0 Å². The van der Waals surface area contributed by atoms with Gasteiger partial charge in [0.1, 0.15) is 5.82 Å². The Hall–Kier alpha value is -1.95.